The SMILES string of the molecule is C=C(N)CNCC1N(C)c2ccc(OC/C=C\C=C/CC)cc2N1C1CCC1. The number of anilines is 2. The lowest BCUT2D eigenvalue weighted by Gasteiger charge is -2.41. The van der Waals surface area contributed by atoms with E-state index in [1.807, 2.05) is 12.2 Å². The van der Waals surface area contributed by atoms with E-state index in [4.69, 9.17) is 10.5 Å². The Labute approximate surface area is 169 Å². The molecular weight excluding hydrogens is 348 g/mol. The highest BCUT2D eigenvalue weighted by Crippen LogP contribution is 2.45. The van der Waals surface area contributed by atoms with Crippen molar-refractivity contribution in [2.45, 2.75) is 44.8 Å². The van der Waals surface area contributed by atoms with Gasteiger partial charge in [0.1, 0.15) is 18.5 Å². The van der Waals surface area contributed by atoms with E-state index >= 15 is 0 Å². The average Bonchev–Trinajstić information content (AvgIpc) is 2.89. The van der Waals surface area contributed by atoms with Crippen LogP contribution in [0.5, 0.6) is 5.75 Å². The van der Waals surface area contributed by atoms with Crippen LogP contribution >= 0.6 is 0 Å². The van der Waals surface area contributed by atoms with Gasteiger partial charge >= 0.3 is 0 Å². The highest BCUT2D eigenvalue weighted by molar-refractivity contribution is 5.79. The quantitative estimate of drug-likeness (QED) is 0.603. The number of benzene rings is 1. The molecule has 1 atom stereocenters. The molecule has 1 aromatic rings. The monoisotopic (exact) mass is 382 g/mol. The smallest absolute Gasteiger partial charge is 0.122 e. The summed E-state index contributed by atoms with van der Waals surface area (Å²) in [6, 6.07) is 7.05. The summed E-state index contributed by atoms with van der Waals surface area (Å²) in [6.45, 7) is 7.99. The van der Waals surface area contributed by atoms with Crippen LogP contribution in [0.4, 0.5) is 11.4 Å². The zero-order valence-electron chi connectivity index (χ0n) is 17.2. The molecule has 152 valence electrons. The molecule has 1 aliphatic carbocycles. The van der Waals surface area contributed by atoms with Crippen molar-refractivity contribution in [2.75, 3.05) is 36.5 Å². The van der Waals surface area contributed by atoms with Gasteiger partial charge in [0, 0.05) is 37.9 Å². The highest BCUT2D eigenvalue weighted by Gasteiger charge is 2.39. The summed E-state index contributed by atoms with van der Waals surface area (Å²) >= 11 is 0. The van der Waals surface area contributed by atoms with E-state index in [-0.39, 0.29) is 6.17 Å². The maximum absolute atomic E-state index is 5.96. The van der Waals surface area contributed by atoms with Gasteiger partial charge in [-0.3, -0.25) is 0 Å². The summed E-state index contributed by atoms with van der Waals surface area (Å²) in [5.74, 6) is 0.921. The molecule has 5 heteroatoms. The molecule has 0 spiro atoms. The van der Waals surface area contributed by atoms with Crippen molar-refractivity contribution in [3.8, 4) is 5.75 Å². The highest BCUT2D eigenvalue weighted by atomic mass is 16.5. The van der Waals surface area contributed by atoms with Crippen LogP contribution in [-0.4, -0.2) is 39.0 Å². The second kappa shape index (κ2) is 9.69. The van der Waals surface area contributed by atoms with E-state index in [9.17, 15) is 0 Å². The van der Waals surface area contributed by atoms with Gasteiger partial charge in [-0.25, -0.2) is 0 Å². The van der Waals surface area contributed by atoms with Gasteiger partial charge < -0.3 is 25.6 Å². The Morgan fingerprint density at radius 1 is 1.29 bits per heavy atom. The fourth-order valence-corrected chi connectivity index (χ4v) is 3.80. The van der Waals surface area contributed by atoms with Gasteiger partial charge in [0.15, 0.2) is 0 Å². The average molecular weight is 383 g/mol. The lowest BCUT2D eigenvalue weighted by molar-refractivity contribution is 0.355. The Bertz CT molecular complexity index is 723. The minimum Gasteiger partial charge on any atom is -0.489 e. The number of rotatable bonds is 10. The maximum Gasteiger partial charge on any atom is 0.122 e. The largest absolute Gasteiger partial charge is 0.489 e. The second-order valence-corrected chi connectivity index (χ2v) is 7.60. The molecule has 5 nitrogen and oxygen atoms in total. The molecule has 28 heavy (non-hydrogen) atoms. The van der Waals surface area contributed by atoms with Crippen molar-refractivity contribution in [2.24, 2.45) is 5.73 Å². The summed E-state index contributed by atoms with van der Waals surface area (Å²) in [5.41, 5.74) is 8.93. The van der Waals surface area contributed by atoms with Crippen LogP contribution in [0, 0.1) is 0 Å². The molecular formula is C23H34N4O. The fourth-order valence-electron chi connectivity index (χ4n) is 3.80. The van der Waals surface area contributed by atoms with E-state index in [0.717, 1.165) is 18.7 Å². The van der Waals surface area contributed by atoms with Crippen LogP contribution in [-0.2, 0) is 0 Å². The normalized spacial score (nSPS) is 19.4. The summed E-state index contributed by atoms with van der Waals surface area (Å²) in [5, 5.41) is 3.44. The Balaban J connectivity index is 1.71. The number of hydrogen-bond donors (Lipinski definition) is 2. The zero-order valence-corrected chi connectivity index (χ0v) is 17.2. The van der Waals surface area contributed by atoms with Gasteiger partial charge in [-0.15, -0.1) is 0 Å². The van der Waals surface area contributed by atoms with Crippen LogP contribution in [0.2, 0.25) is 0 Å². The molecule has 2 aliphatic rings. The Morgan fingerprint density at radius 2 is 2.07 bits per heavy atom. The van der Waals surface area contributed by atoms with E-state index in [2.05, 4.69) is 66.0 Å². The van der Waals surface area contributed by atoms with Crippen molar-refractivity contribution in [1.82, 2.24) is 5.32 Å². The van der Waals surface area contributed by atoms with Crippen LogP contribution in [0.1, 0.15) is 32.6 Å². The summed E-state index contributed by atoms with van der Waals surface area (Å²) < 4.78 is 5.96. The van der Waals surface area contributed by atoms with Gasteiger partial charge in [0.05, 0.1) is 11.4 Å². The predicted octanol–water partition coefficient (Wildman–Crippen LogP) is 3.78. The van der Waals surface area contributed by atoms with Gasteiger partial charge in [0.25, 0.3) is 0 Å². The third-order valence-corrected chi connectivity index (χ3v) is 5.49. The molecule has 1 aliphatic heterocycles. The molecule has 1 aromatic carbocycles. The third-order valence-electron chi connectivity index (χ3n) is 5.49. The predicted molar refractivity (Wildman–Crippen MR) is 119 cm³/mol. The molecule has 0 amide bonds. The molecule has 1 heterocycles. The maximum atomic E-state index is 5.96. The molecule has 0 bridgehead atoms. The van der Waals surface area contributed by atoms with Crippen LogP contribution in [0.15, 0.2) is 54.8 Å². The first-order chi connectivity index (χ1) is 13.6. The van der Waals surface area contributed by atoms with E-state index in [1.165, 1.54) is 30.6 Å². The third kappa shape index (κ3) is 4.71. The number of nitrogens with one attached hydrogen (secondary N) is 1. The zero-order chi connectivity index (χ0) is 19.9. The first-order valence-corrected chi connectivity index (χ1v) is 10.4. The number of nitrogens with zero attached hydrogens (tertiary/aromatic N) is 2. The van der Waals surface area contributed by atoms with Crippen molar-refractivity contribution in [3.05, 3.63) is 54.8 Å². The standard InChI is InChI=1S/C23H34N4O/c1-4-5-6-7-8-14-28-20-12-13-21-22(15-20)27(19-10-9-11-19)23(26(21)3)17-25-16-18(2)24/h5-8,12-13,15,19,23,25H,2,4,9-11,14,16-17,24H2,1,3H3/b6-5-,8-7-. The number of likely N-dealkylation sites (N-methyl/N-ethyl adjacent to an activating group) is 1. The molecule has 1 fully saturated rings. The number of nitrogens with two attached hydrogens (primary N) is 1. The minimum absolute atomic E-state index is 0.286. The summed E-state index contributed by atoms with van der Waals surface area (Å²) in [4.78, 5) is 4.93. The van der Waals surface area contributed by atoms with Crippen molar-refractivity contribution >= 4 is 11.4 Å². The number of fused-ring (bicyclic) bond motifs is 1. The van der Waals surface area contributed by atoms with Crippen molar-refractivity contribution in [3.63, 3.8) is 0 Å². The van der Waals surface area contributed by atoms with Crippen LogP contribution < -0.4 is 25.6 Å². The van der Waals surface area contributed by atoms with Crippen molar-refractivity contribution in [1.29, 1.82) is 0 Å². The molecule has 0 saturated heterocycles. The van der Waals surface area contributed by atoms with E-state index < -0.39 is 0 Å². The number of allylic oxidation sites excluding steroid dienone is 3. The number of hydrogen-bond acceptors (Lipinski definition) is 5. The van der Waals surface area contributed by atoms with Crippen molar-refractivity contribution < 1.29 is 4.74 Å². The van der Waals surface area contributed by atoms with Gasteiger partial charge in [-0.1, -0.05) is 31.7 Å². The molecule has 0 radical (unpaired) electrons. The lowest BCUT2D eigenvalue weighted by atomic mass is 9.91. The van der Waals surface area contributed by atoms with E-state index in [0.29, 0.717) is 24.9 Å². The Morgan fingerprint density at radius 3 is 2.75 bits per heavy atom. The topological polar surface area (TPSA) is 53.8 Å². The second-order valence-electron chi connectivity index (χ2n) is 7.60. The first-order valence-electron chi connectivity index (χ1n) is 10.4. The molecule has 1 saturated carbocycles. The summed E-state index contributed by atoms with van der Waals surface area (Å²) in [7, 11) is 2.17. The van der Waals surface area contributed by atoms with Gasteiger partial charge in [0.2, 0.25) is 0 Å². The fraction of sp³-hybridized carbons (Fsp3) is 0.478. The molecule has 3 N–H and O–H groups in total. The van der Waals surface area contributed by atoms with Gasteiger partial charge in [-0.2, -0.15) is 0 Å². The van der Waals surface area contributed by atoms with Crippen LogP contribution in [0.3, 0.4) is 0 Å². The Hall–Kier alpha value is -2.40. The minimum atomic E-state index is 0.286. The van der Waals surface area contributed by atoms with Crippen LogP contribution in [0.25, 0.3) is 0 Å². The van der Waals surface area contributed by atoms with E-state index in [1.54, 1.807) is 0 Å². The molecule has 3 rings (SSSR count). The molecule has 1 unspecified atom stereocenters. The first kappa shape index (κ1) is 20.3. The Kier molecular flexibility index (Phi) is 7.04. The lowest BCUT2D eigenvalue weighted by Crippen LogP contribution is -2.54. The summed E-state index contributed by atoms with van der Waals surface area (Å²) in [6.07, 6.45) is 13.4. The number of ether oxygens (including phenoxy) is 1. The van der Waals surface area contributed by atoms with Gasteiger partial charge in [-0.05, 0) is 43.9 Å². The molecule has 0 aromatic heterocycles.